The number of anilines is 1. The second-order valence-electron chi connectivity index (χ2n) is 5.31. The molecule has 3 N–H and O–H groups in total. The molecule has 0 saturated heterocycles. The minimum absolute atomic E-state index is 0.0663. The SMILES string of the molecule is NS(=O)(=O)c1ccc(CC(=O)Nc2ccccc2SCC(F)(F)F)cc1. The van der Waals surface area contributed by atoms with E-state index in [9.17, 15) is 26.4 Å². The highest BCUT2D eigenvalue weighted by atomic mass is 32.2. The number of benzene rings is 2. The number of amides is 1. The Morgan fingerprint density at radius 1 is 1.08 bits per heavy atom. The summed E-state index contributed by atoms with van der Waals surface area (Å²) in [5.41, 5.74) is 0.822. The predicted octanol–water partition coefficient (Wildman–Crippen LogP) is 3.17. The van der Waals surface area contributed by atoms with Crippen LogP contribution in [0, 0.1) is 0 Å². The molecule has 0 radical (unpaired) electrons. The summed E-state index contributed by atoms with van der Waals surface area (Å²) >= 11 is 0.587. The Bertz CT molecular complexity index is 882. The fraction of sp³-hybridized carbons (Fsp3) is 0.188. The summed E-state index contributed by atoms with van der Waals surface area (Å²) in [4.78, 5) is 12.4. The molecule has 10 heteroatoms. The Kier molecular flexibility index (Phi) is 6.32. The van der Waals surface area contributed by atoms with Gasteiger partial charge in [-0.2, -0.15) is 13.2 Å². The fourth-order valence-corrected chi connectivity index (χ4v) is 3.32. The van der Waals surface area contributed by atoms with Crippen LogP contribution in [-0.2, 0) is 21.2 Å². The number of primary sulfonamides is 1. The number of carbonyl (C=O) groups excluding carboxylic acids is 1. The highest BCUT2D eigenvalue weighted by molar-refractivity contribution is 7.99. The number of nitrogens with one attached hydrogen (secondary N) is 1. The summed E-state index contributed by atoms with van der Waals surface area (Å²) < 4.78 is 59.5. The molecule has 0 heterocycles. The van der Waals surface area contributed by atoms with Crippen LogP contribution in [0.15, 0.2) is 58.3 Å². The Balaban J connectivity index is 2.04. The fourth-order valence-electron chi connectivity index (χ4n) is 2.03. The molecule has 140 valence electrons. The number of sulfonamides is 1. The van der Waals surface area contributed by atoms with Crippen LogP contribution in [0.25, 0.3) is 0 Å². The van der Waals surface area contributed by atoms with Crippen LogP contribution in [-0.4, -0.2) is 26.3 Å². The lowest BCUT2D eigenvalue weighted by Gasteiger charge is -2.12. The zero-order valence-electron chi connectivity index (χ0n) is 13.3. The maximum atomic E-state index is 12.4. The lowest BCUT2D eigenvalue weighted by molar-refractivity contribution is -0.115. The normalized spacial score (nSPS) is 12.0. The molecule has 0 unspecified atom stereocenters. The van der Waals surface area contributed by atoms with Gasteiger partial charge in [-0.1, -0.05) is 24.3 Å². The van der Waals surface area contributed by atoms with E-state index in [1.807, 2.05) is 0 Å². The summed E-state index contributed by atoms with van der Waals surface area (Å²) in [7, 11) is -3.82. The van der Waals surface area contributed by atoms with Crippen molar-refractivity contribution in [3.63, 3.8) is 0 Å². The van der Waals surface area contributed by atoms with Gasteiger partial charge in [-0.05, 0) is 29.8 Å². The van der Waals surface area contributed by atoms with Gasteiger partial charge in [-0.3, -0.25) is 4.79 Å². The summed E-state index contributed by atoms with van der Waals surface area (Å²) in [6, 6.07) is 11.7. The van der Waals surface area contributed by atoms with Crippen LogP contribution in [0.1, 0.15) is 5.56 Å². The first kappa shape index (κ1) is 20.3. The number of para-hydroxylation sites is 1. The van der Waals surface area contributed by atoms with Gasteiger partial charge in [0.2, 0.25) is 15.9 Å². The molecule has 2 rings (SSSR count). The van der Waals surface area contributed by atoms with Crippen molar-refractivity contribution < 1.29 is 26.4 Å². The summed E-state index contributed by atoms with van der Waals surface area (Å²) in [5, 5.41) is 7.57. The Morgan fingerprint density at radius 3 is 2.27 bits per heavy atom. The minimum atomic E-state index is -4.31. The van der Waals surface area contributed by atoms with E-state index in [2.05, 4.69) is 5.32 Å². The largest absolute Gasteiger partial charge is 0.398 e. The highest BCUT2D eigenvalue weighted by Gasteiger charge is 2.27. The van der Waals surface area contributed by atoms with Gasteiger partial charge in [0.1, 0.15) is 0 Å². The average Bonchev–Trinajstić information content (AvgIpc) is 2.53. The molecular weight excluding hydrogens is 389 g/mol. The third kappa shape index (κ3) is 6.36. The molecule has 2 aromatic carbocycles. The minimum Gasteiger partial charge on any atom is -0.325 e. The van der Waals surface area contributed by atoms with E-state index in [0.29, 0.717) is 22.2 Å². The molecule has 0 aromatic heterocycles. The number of hydrogen-bond donors (Lipinski definition) is 2. The van der Waals surface area contributed by atoms with Crippen molar-refractivity contribution >= 4 is 33.4 Å². The second-order valence-corrected chi connectivity index (χ2v) is 7.89. The van der Waals surface area contributed by atoms with E-state index in [1.165, 1.54) is 36.4 Å². The highest BCUT2D eigenvalue weighted by Crippen LogP contribution is 2.32. The smallest absolute Gasteiger partial charge is 0.325 e. The molecule has 0 atom stereocenters. The molecule has 0 bridgehead atoms. The van der Waals surface area contributed by atoms with Crippen molar-refractivity contribution in [2.24, 2.45) is 5.14 Å². The van der Waals surface area contributed by atoms with Gasteiger partial charge in [-0.25, -0.2) is 13.6 Å². The molecule has 0 fully saturated rings. The van der Waals surface area contributed by atoms with Crippen LogP contribution in [0.3, 0.4) is 0 Å². The third-order valence-electron chi connectivity index (χ3n) is 3.17. The molecule has 5 nitrogen and oxygen atoms in total. The van der Waals surface area contributed by atoms with Crippen LogP contribution in [0.4, 0.5) is 18.9 Å². The van der Waals surface area contributed by atoms with Gasteiger partial charge in [0.15, 0.2) is 0 Å². The Hall–Kier alpha value is -2.04. The predicted molar refractivity (Wildman–Crippen MR) is 93.4 cm³/mol. The van der Waals surface area contributed by atoms with Crippen LogP contribution in [0.5, 0.6) is 0 Å². The molecule has 0 aliphatic carbocycles. The number of halogens is 3. The first-order valence-corrected chi connectivity index (χ1v) is 9.78. The quantitative estimate of drug-likeness (QED) is 0.724. The van der Waals surface area contributed by atoms with Gasteiger partial charge in [0.25, 0.3) is 0 Å². The van der Waals surface area contributed by atoms with Crippen LogP contribution < -0.4 is 10.5 Å². The maximum Gasteiger partial charge on any atom is 0.398 e. The van der Waals surface area contributed by atoms with Crippen molar-refractivity contribution in [2.75, 3.05) is 11.1 Å². The monoisotopic (exact) mass is 404 g/mol. The summed E-state index contributed by atoms with van der Waals surface area (Å²) in [5.74, 6) is -1.50. The molecular formula is C16H15F3N2O3S2. The Morgan fingerprint density at radius 2 is 1.69 bits per heavy atom. The number of alkyl halides is 3. The number of carbonyl (C=O) groups is 1. The van der Waals surface area contributed by atoms with E-state index in [-0.39, 0.29) is 17.0 Å². The lowest BCUT2D eigenvalue weighted by atomic mass is 10.1. The Labute approximate surface area is 152 Å². The molecule has 0 aliphatic heterocycles. The van der Waals surface area contributed by atoms with Crippen molar-refractivity contribution in [3.05, 3.63) is 54.1 Å². The number of rotatable bonds is 6. The van der Waals surface area contributed by atoms with E-state index in [0.717, 1.165) is 0 Å². The standard InChI is InChI=1S/C16H15F3N2O3S2/c17-16(18,19)10-25-14-4-2-1-3-13(14)21-15(22)9-11-5-7-12(8-6-11)26(20,23)24/h1-8H,9-10H2,(H,21,22)(H2,20,23,24). The van der Waals surface area contributed by atoms with Gasteiger partial charge in [0.05, 0.1) is 22.8 Å². The van der Waals surface area contributed by atoms with E-state index < -0.39 is 27.9 Å². The zero-order valence-corrected chi connectivity index (χ0v) is 14.9. The van der Waals surface area contributed by atoms with Gasteiger partial charge in [-0.15, -0.1) is 11.8 Å². The molecule has 0 saturated carbocycles. The first-order chi connectivity index (χ1) is 12.0. The topological polar surface area (TPSA) is 89.3 Å². The van der Waals surface area contributed by atoms with E-state index in [1.54, 1.807) is 12.1 Å². The second kappa shape index (κ2) is 8.11. The van der Waals surface area contributed by atoms with Gasteiger partial charge >= 0.3 is 6.18 Å². The third-order valence-corrected chi connectivity index (χ3v) is 5.24. The van der Waals surface area contributed by atoms with Crippen molar-refractivity contribution in [2.45, 2.75) is 22.4 Å². The van der Waals surface area contributed by atoms with Crippen molar-refractivity contribution in [3.8, 4) is 0 Å². The maximum absolute atomic E-state index is 12.4. The van der Waals surface area contributed by atoms with Crippen LogP contribution in [0.2, 0.25) is 0 Å². The van der Waals surface area contributed by atoms with E-state index >= 15 is 0 Å². The van der Waals surface area contributed by atoms with Crippen LogP contribution >= 0.6 is 11.8 Å². The van der Waals surface area contributed by atoms with Crippen molar-refractivity contribution in [1.82, 2.24) is 0 Å². The number of nitrogens with two attached hydrogens (primary N) is 1. The lowest BCUT2D eigenvalue weighted by Crippen LogP contribution is -2.16. The van der Waals surface area contributed by atoms with Gasteiger partial charge < -0.3 is 5.32 Å². The number of hydrogen-bond acceptors (Lipinski definition) is 4. The molecule has 0 aliphatic rings. The first-order valence-electron chi connectivity index (χ1n) is 7.25. The molecule has 2 aromatic rings. The average molecular weight is 404 g/mol. The molecule has 1 amide bonds. The zero-order chi connectivity index (χ0) is 19.4. The van der Waals surface area contributed by atoms with E-state index in [4.69, 9.17) is 5.14 Å². The summed E-state index contributed by atoms with van der Waals surface area (Å²) in [6.07, 6.45) is -4.38. The summed E-state index contributed by atoms with van der Waals surface area (Å²) in [6.45, 7) is 0. The number of thioether (sulfide) groups is 1. The molecule has 26 heavy (non-hydrogen) atoms. The van der Waals surface area contributed by atoms with Gasteiger partial charge in [0, 0.05) is 4.90 Å². The van der Waals surface area contributed by atoms with Crippen molar-refractivity contribution in [1.29, 1.82) is 0 Å². The molecule has 0 spiro atoms.